The number of nitrogens with zero attached hydrogens (tertiary/aromatic N) is 1. The number of carbonyl (C=O) groups excluding carboxylic acids is 1. The van der Waals surface area contributed by atoms with Gasteiger partial charge >= 0.3 is 0 Å². The van der Waals surface area contributed by atoms with Crippen LogP contribution in [0.3, 0.4) is 0 Å². The SMILES string of the molecule is Cc1cccc(C(C)C)c1NC(=O)c1ccc2c(c1)CCN2S(C)(=O)=O. The number of nitrogens with one attached hydrogen (secondary N) is 1. The number of rotatable bonds is 4. The number of hydrogen-bond donors (Lipinski definition) is 1. The average Bonchev–Trinajstić information content (AvgIpc) is 2.99. The van der Waals surface area contributed by atoms with Gasteiger partial charge in [-0.15, -0.1) is 0 Å². The Morgan fingerprint density at radius 3 is 2.58 bits per heavy atom. The topological polar surface area (TPSA) is 66.5 Å². The fourth-order valence-corrected chi connectivity index (χ4v) is 4.34. The van der Waals surface area contributed by atoms with Gasteiger partial charge in [-0.2, -0.15) is 0 Å². The molecule has 0 bridgehead atoms. The van der Waals surface area contributed by atoms with E-state index in [1.54, 1.807) is 18.2 Å². The lowest BCUT2D eigenvalue weighted by molar-refractivity contribution is 0.102. The second-order valence-corrected chi connectivity index (χ2v) is 8.98. The van der Waals surface area contributed by atoms with Gasteiger partial charge in [-0.3, -0.25) is 9.10 Å². The molecule has 26 heavy (non-hydrogen) atoms. The summed E-state index contributed by atoms with van der Waals surface area (Å²) in [6, 6.07) is 11.2. The predicted molar refractivity (Wildman–Crippen MR) is 106 cm³/mol. The van der Waals surface area contributed by atoms with Gasteiger partial charge < -0.3 is 5.32 Å². The summed E-state index contributed by atoms with van der Waals surface area (Å²) in [6.07, 6.45) is 1.82. The number of carbonyl (C=O) groups is 1. The summed E-state index contributed by atoms with van der Waals surface area (Å²) in [5, 5.41) is 3.04. The largest absolute Gasteiger partial charge is 0.321 e. The lowest BCUT2D eigenvalue weighted by Crippen LogP contribution is -2.27. The van der Waals surface area contributed by atoms with Gasteiger partial charge in [0.1, 0.15) is 0 Å². The quantitative estimate of drug-likeness (QED) is 0.890. The number of para-hydroxylation sites is 1. The van der Waals surface area contributed by atoms with Crippen LogP contribution in [-0.4, -0.2) is 27.1 Å². The first-order valence-corrected chi connectivity index (χ1v) is 10.5. The third kappa shape index (κ3) is 3.46. The van der Waals surface area contributed by atoms with Crippen molar-refractivity contribution in [3.05, 3.63) is 58.7 Å². The van der Waals surface area contributed by atoms with Gasteiger partial charge in [0.2, 0.25) is 10.0 Å². The summed E-state index contributed by atoms with van der Waals surface area (Å²) < 4.78 is 25.1. The van der Waals surface area contributed by atoms with Gasteiger partial charge in [0.15, 0.2) is 0 Å². The monoisotopic (exact) mass is 372 g/mol. The second kappa shape index (κ2) is 6.76. The molecule has 0 fully saturated rings. The van der Waals surface area contributed by atoms with Crippen molar-refractivity contribution >= 4 is 27.3 Å². The second-order valence-electron chi connectivity index (χ2n) is 7.08. The molecule has 0 atom stereocenters. The Bertz CT molecular complexity index is 965. The minimum absolute atomic E-state index is 0.179. The molecule has 5 nitrogen and oxygen atoms in total. The molecule has 1 heterocycles. The van der Waals surface area contributed by atoms with Crippen LogP contribution in [0.2, 0.25) is 0 Å². The highest BCUT2D eigenvalue weighted by atomic mass is 32.2. The van der Waals surface area contributed by atoms with E-state index in [1.807, 2.05) is 25.1 Å². The molecule has 0 aliphatic carbocycles. The van der Waals surface area contributed by atoms with E-state index in [1.165, 1.54) is 10.6 Å². The van der Waals surface area contributed by atoms with Crippen LogP contribution in [-0.2, 0) is 16.4 Å². The van der Waals surface area contributed by atoms with Gasteiger partial charge in [-0.1, -0.05) is 32.0 Å². The summed E-state index contributed by atoms with van der Waals surface area (Å²) in [7, 11) is -3.29. The number of anilines is 2. The van der Waals surface area contributed by atoms with Gasteiger partial charge in [0.25, 0.3) is 5.91 Å². The van der Waals surface area contributed by atoms with E-state index in [9.17, 15) is 13.2 Å². The minimum atomic E-state index is -3.29. The summed E-state index contributed by atoms with van der Waals surface area (Å²) in [5.41, 5.74) is 5.07. The first kappa shape index (κ1) is 18.5. The van der Waals surface area contributed by atoms with Crippen LogP contribution in [0.5, 0.6) is 0 Å². The Hall–Kier alpha value is -2.34. The summed E-state index contributed by atoms with van der Waals surface area (Å²) in [6.45, 7) is 6.60. The zero-order valence-electron chi connectivity index (χ0n) is 15.5. The minimum Gasteiger partial charge on any atom is -0.321 e. The van der Waals surface area contributed by atoms with Crippen molar-refractivity contribution in [2.45, 2.75) is 33.1 Å². The van der Waals surface area contributed by atoms with Gasteiger partial charge in [-0.25, -0.2) is 8.42 Å². The van der Waals surface area contributed by atoms with E-state index in [-0.39, 0.29) is 5.91 Å². The molecule has 138 valence electrons. The highest BCUT2D eigenvalue weighted by Crippen LogP contribution is 2.32. The number of benzene rings is 2. The molecule has 2 aromatic carbocycles. The molecule has 0 aromatic heterocycles. The lowest BCUT2D eigenvalue weighted by Gasteiger charge is -2.18. The maximum absolute atomic E-state index is 12.8. The van der Waals surface area contributed by atoms with Crippen molar-refractivity contribution in [2.24, 2.45) is 0 Å². The number of sulfonamides is 1. The van der Waals surface area contributed by atoms with Crippen LogP contribution in [0.1, 0.15) is 46.8 Å². The molecular weight excluding hydrogens is 348 g/mol. The number of fused-ring (bicyclic) bond motifs is 1. The smallest absolute Gasteiger partial charge is 0.255 e. The van der Waals surface area contributed by atoms with Crippen molar-refractivity contribution < 1.29 is 13.2 Å². The molecule has 3 rings (SSSR count). The Morgan fingerprint density at radius 1 is 1.19 bits per heavy atom. The van der Waals surface area contributed by atoms with E-state index in [4.69, 9.17) is 0 Å². The molecule has 0 saturated carbocycles. The number of amides is 1. The highest BCUT2D eigenvalue weighted by molar-refractivity contribution is 7.92. The average molecular weight is 372 g/mol. The molecule has 2 aromatic rings. The van der Waals surface area contributed by atoms with Crippen molar-refractivity contribution in [3.63, 3.8) is 0 Å². The molecule has 1 aliphatic rings. The lowest BCUT2D eigenvalue weighted by atomic mass is 9.98. The Balaban J connectivity index is 1.90. The fourth-order valence-electron chi connectivity index (χ4n) is 3.39. The predicted octanol–water partition coefficient (Wildman–Crippen LogP) is 3.69. The van der Waals surface area contributed by atoms with Crippen LogP contribution in [0.15, 0.2) is 36.4 Å². The standard InChI is InChI=1S/C20H24N2O3S/c1-13(2)17-7-5-6-14(3)19(17)21-20(23)16-8-9-18-15(12-16)10-11-22(18)26(4,24)25/h5-9,12-13H,10-11H2,1-4H3,(H,21,23). The zero-order valence-corrected chi connectivity index (χ0v) is 16.4. The van der Waals surface area contributed by atoms with Crippen molar-refractivity contribution in [1.29, 1.82) is 0 Å². The maximum atomic E-state index is 12.8. The summed E-state index contributed by atoms with van der Waals surface area (Å²) in [5.74, 6) is 0.121. The maximum Gasteiger partial charge on any atom is 0.255 e. The number of hydrogen-bond acceptors (Lipinski definition) is 3. The first-order chi connectivity index (χ1) is 12.2. The fraction of sp³-hybridized carbons (Fsp3) is 0.350. The molecule has 6 heteroatoms. The van der Waals surface area contributed by atoms with Crippen molar-refractivity contribution in [3.8, 4) is 0 Å². The zero-order chi connectivity index (χ0) is 19.1. The molecule has 1 N–H and O–H groups in total. The summed E-state index contributed by atoms with van der Waals surface area (Å²) in [4.78, 5) is 12.8. The molecule has 0 spiro atoms. The van der Waals surface area contributed by atoms with Gasteiger partial charge in [0, 0.05) is 17.8 Å². The van der Waals surface area contributed by atoms with Crippen LogP contribution >= 0.6 is 0 Å². The summed E-state index contributed by atoms with van der Waals surface area (Å²) >= 11 is 0. The third-order valence-corrected chi connectivity index (χ3v) is 5.94. The highest BCUT2D eigenvalue weighted by Gasteiger charge is 2.27. The van der Waals surface area contributed by atoms with Crippen LogP contribution in [0.4, 0.5) is 11.4 Å². The van der Waals surface area contributed by atoms with Crippen LogP contribution < -0.4 is 9.62 Å². The molecular formula is C20H24N2O3S. The third-order valence-electron chi connectivity index (χ3n) is 4.76. The van der Waals surface area contributed by atoms with E-state index >= 15 is 0 Å². The van der Waals surface area contributed by atoms with E-state index in [0.717, 1.165) is 22.4 Å². The van der Waals surface area contributed by atoms with Gasteiger partial charge in [0.05, 0.1) is 11.9 Å². The molecule has 0 unspecified atom stereocenters. The van der Waals surface area contributed by atoms with Crippen molar-refractivity contribution in [2.75, 3.05) is 22.4 Å². The van der Waals surface area contributed by atoms with E-state index in [0.29, 0.717) is 30.1 Å². The Morgan fingerprint density at radius 2 is 1.92 bits per heavy atom. The molecule has 1 amide bonds. The molecule has 1 aliphatic heterocycles. The molecule has 0 saturated heterocycles. The molecule has 0 radical (unpaired) electrons. The van der Waals surface area contributed by atoms with Crippen LogP contribution in [0.25, 0.3) is 0 Å². The van der Waals surface area contributed by atoms with Crippen molar-refractivity contribution in [1.82, 2.24) is 0 Å². The van der Waals surface area contributed by atoms with Crippen LogP contribution in [0, 0.1) is 6.92 Å². The van der Waals surface area contributed by atoms with E-state index in [2.05, 4.69) is 19.2 Å². The van der Waals surface area contributed by atoms with Gasteiger partial charge in [-0.05, 0) is 54.2 Å². The Labute approximate surface area is 155 Å². The van der Waals surface area contributed by atoms with E-state index < -0.39 is 10.0 Å². The Kier molecular flexibility index (Phi) is 4.80. The first-order valence-electron chi connectivity index (χ1n) is 8.70. The normalized spacial score (nSPS) is 13.8. The number of aryl methyl sites for hydroxylation is 1.